The van der Waals surface area contributed by atoms with Gasteiger partial charge in [0.05, 0.1) is 10.9 Å². The van der Waals surface area contributed by atoms with Crippen LogP contribution < -0.4 is 10.9 Å². The fourth-order valence-electron chi connectivity index (χ4n) is 2.15. The molecule has 2 heterocycles. The first kappa shape index (κ1) is 10.9. The van der Waals surface area contributed by atoms with E-state index < -0.39 is 11.8 Å². The monoisotopic (exact) mass is 245 g/mol. The van der Waals surface area contributed by atoms with E-state index in [1.807, 2.05) is 0 Å². The molecule has 1 aliphatic rings. The van der Waals surface area contributed by atoms with Crippen LogP contribution in [0.4, 0.5) is 0 Å². The average Bonchev–Trinajstić information content (AvgIpc) is 2.63. The van der Waals surface area contributed by atoms with Gasteiger partial charge in [0.2, 0.25) is 11.7 Å². The van der Waals surface area contributed by atoms with Crippen LogP contribution in [0.5, 0.6) is 0 Å². The Balaban J connectivity index is 2.47. The third-order valence-electron chi connectivity index (χ3n) is 3.15. The van der Waals surface area contributed by atoms with E-state index in [9.17, 15) is 9.59 Å². The molecule has 6 heteroatoms. The zero-order chi connectivity index (χ0) is 12.9. The van der Waals surface area contributed by atoms with E-state index in [0.717, 1.165) is 0 Å². The van der Waals surface area contributed by atoms with Crippen molar-refractivity contribution in [3.8, 4) is 0 Å². The van der Waals surface area contributed by atoms with Gasteiger partial charge in [-0.05, 0) is 12.1 Å². The Morgan fingerprint density at radius 1 is 1.33 bits per heavy atom. The minimum atomic E-state index is -1.18. The van der Waals surface area contributed by atoms with Crippen LogP contribution >= 0.6 is 0 Å². The molecule has 1 amide bonds. The van der Waals surface area contributed by atoms with Crippen molar-refractivity contribution in [1.29, 1.82) is 0 Å². The maximum atomic E-state index is 12.4. The number of para-hydroxylation sites is 1. The van der Waals surface area contributed by atoms with Crippen molar-refractivity contribution in [3.63, 3.8) is 0 Å². The second-order valence-electron chi connectivity index (χ2n) is 4.23. The number of amides is 1. The highest BCUT2D eigenvalue weighted by Gasteiger charge is 2.41. The largest absolute Gasteiger partial charge is 0.341 e. The molecule has 0 bridgehead atoms. The molecule has 0 spiro atoms. The smallest absolute Gasteiger partial charge is 0.291 e. The molecule has 1 aromatic carbocycles. The summed E-state index contributed by atoms with van der Waals surface area (Å²) in [4.78, 5) is 28.4. The molecular weight excluding hydrogens is 234 g/mol. The maximum absolute atomic E-state index is 12.4. The van der Waals surface area contributed by atoms with Gasteiger partial charge in [0, 0.05) is 14.0 Å². The number of nitrogens with zero attached hydrogens (tertiary/aromatic N) is 2. The molecule has 0 aliphatic carbocycles. The molecule has 1 atom stereocenters. The fraction of sp³-hybridized carbons (Fsp3) is 0.250. The highest BCUT2D eigenvalue weighted by molar-refractivity contribution is 5.95. The van der Waals surface area contributed by atoms with E-state index in [2.05, 4.69) is 10.3 Å². The molecule has 0 saturated carbocycles. The van der Waals surface area contributed by atoms with Gasteiger partial charge in [-0.2, -0.15) is 0 Å². The molecule has 1 N–H and O–H groups in total. The Kier molecular flexibility index (Phi) is 2.06. The lowest BCUT2D eigenvalue weighted by Crippen LogP contribution is -2.46. The molecule has 2 aromatic rings. The molecule has 0 fully saturated rings. The molecular formula is C12H11N3O3. The van der Waals surface area contributed by atoms with Crippen molar-refractivity contribution < 1.29 is 9.53 Å². The number of carbonyl (C=O) groups excluding carboxylic acids is 1. The van der Waals surface area contributed by atoms with E-state index in [1.54, 1.807) is 31.2 Å². The molecule has 3 rings (SSSR count). The Labute approximate surface area is 102 Å². The number of benzene rings is 1. The van der Waals surface area contributed by atoms with Crippen LogP contribution in [0.25, 0.3) is 10.9 Å². The predicted octanol–water partition coefficient (Wildman–Crippen LogP) is 0.417. The molecule has 1 unspecified atom stereocenters. The summed E-state index contributed by atoms with van der Waals surface area (Å²) in [6.07, 6.45) is 0. The van der Waals surface area contributed by atoms with Crippen LogP contribution in [0.3, 0.4) is 0 Å². The van der Waals surface area contributed by atoms with E-state index in [4.69, 9.17) is 4.74 Å². The minimum Gasteiger partial charge on any atom is -0.341 e. The van der Waals surface area contributed by atoms with Crippen LogP contribution in [0.1, 0.15) is 17.5 Å². The van der Waals surface area contributed by atoms with Crippen molar-refractivity contribution in [2.24, 2.45) is 0 Å². The Hall–Kier alpha value is -2.21. The van der Waals surface area contributed by atoms with Crippen LogP contribution in [-0.4, -0.2) is 22.6 Å². The molecule has 92 valence electrons. The zero-order valence-corrected chi connectivity index (χ0v) is 9.93. The Bertz CT molecular complexity index is 722. The number of hydrogen-bond donors (Lipinski definition) is 1. The number of fused-ring (bicyclic) bond motifs is 2. The van der Waals surface area contributed by atoms with Crippen LogP contribution in [0, 0.1) is 0 Å². The molecule has 0 radical (unpaired) electrons. The number of aromatic nitrogens is 2. The standard InChI is InChI=1S/C12H11N3O3/c1-12(18-2)14-10(16)9-13-8-6-4-3-5-7(8)11(17)15(9)12/h3-6H,1-2H3,(H,14,16). The van der Waals surface area contributed by atoms with E-state index in [1.165, 1.54) is 11.7 Å². The first-order chi connectivity index (χ1) is 8.57. The topological polar surface area (TPSA) is 73.2 Å². The first-order valence-corrected chi connectivity index (χ1v) is 5.47. The number of carbonyl (C=O) groups is 1. The molecule has 6 nitrogen and oxygen atoms in total. The van der Waals surface area contributed by atoms with E-state index in [-0.39, 0.29) is 11.4 Å². The summed E-state index contributed by atoms with van der Waals surface area (Å²) in [5.74, 6) is -1.52. The van der Waals surface area contributed by atoms with Gasteiger partial charge in [-0.1, -0.05) is 12.1 Å². The van der Waals surface area contributed by atoms with Crippen molar-refractivity contribution in [2.75, 3.05) is 7.11 Å². The lowest BCUT2D eigenvalue weighted by molar-refractivity contribution is -0.0741. The Morgan fingerprint density at radius 2 is 2.06 bits per heavy atom. The number of methoxy groups -OCH3 is 1. The van der Waals surface area contributed by atoms with Crippen molar-refractivity contribution >= 4 is 16.8 Å². The van der Waals surface area contributed by atoms with Gasteiger partial charge in [-0.15, -0.1) is 0 Å². The molecule has 0 saturated heterocycles. The number of ether oxygens (including phenoxy) is 1. The quantitative estimate of drug-likeness (QED) is 0.790. The second kappa shape index (κ2) is 3.39. The zero-order valence-electron chi connectivity index (χ0n) is 9.93. The summed E-state index contributed by atoms with van der Waals surface area (Å²) in [6, 6.07) is 6.91. The normalized spacial score (nSPS) is 22.0. The van der Waals surface area contributed by atoms with Crippen LogP contribution in [0.15, 0.2) is 29.1 Å². The minimum absolute atomic E-state index is 0.0723. The number of nitrogens with one attached hydrogen (secondary N) is 1. The highest BCUT2D eigenvalue weighted by Crippen LogP contribution is 2.21. The van der Waals surface area contributed by atoms with Gasteiger partial charge in [0.1, 0.15) is 0 Å². The molecule has 18 heavy (non-hydrogen) atoms. The van der Waals surface area contributed by atoms with E-state index >= 15 is 0 Å². The molecule has 1 aliphatic heterocycles. The predicted molar refractivity (Wildman–Crippen MR) is 64.1 cm³/mol. The third kappa shape index (κ3) is 1.23. The van der Waals surface area contributed by atoms with Crippen LogP contribution in [0.2, 0.25) is 0 Å². The summed E-state index contributed by atoms with van der Waals surface area (Å²) in [7, 11) is 1.43. The Morgan fingerprint density at radius 3 is 2.78 bits per heavy atom. The average molecular weight is 245 g/mol. The summed E-state index contributed by atoms with van der Waals surface area (Å²) in [6.45, 7) is 1.61. The summed E-state index contributed by atoms with van der Waals surface area (Å²) >= 11 is 0. The van der Waals surface area contributed by atoms with Crippen LogP contribution in [-0.2, 0) is 10.6 Å². The van der Waals surface area contributed by atoms with Gasteiger partial charge in [0.15, 0.2) is 0 Å². The third-order valence-corrected chi connectivity index (χ3v) is 3.15. The highest BCUT2D eigenvalue weighted by atomic mass is 16.5. The van der Waals surface area contributed by atoms with Gasteiger partial charge >= 0.3 is 0 Å². The fourth-order valence-corrected chi connectivity index (χ4v) is 2.15. The lowest BCUT2D eigenvalue weighted by Gasteiger charge is -2.24. The van der Waals surface area contributed by atoms with Crippen molar-refractivity contribution in [3.05, 3.63) is 40.4 Å². The summed E-state index contributed by atoms with van der Waals surface area (Å²) in [5.41, 5.74) is 0.211. The maximum Gasteiger partial charge on any atom is 0.291 e. The summed E-state index contributed by atoms with van der Waals surface area (Å²) in [5, 5.41) is 3.06. The van der Waals surface area contributed by atoms with Gasteiger partial charge < -0.3 is 10.1 Å². The lowest BCUT2D eigenvalue weighted by atomic mass is 10.2. The van der Waals surface area contributed by atoms with Crippen molar-refractivity contribution in [2.45, 2.75) is 12.8 Å². The van der Waals surface area contributed by atoms with Gasteiger partial charge in [0.25, 0.3) is 11.5 Å². The first-order valence-electron chi connectivity index (χ1n) is 5.47. The molecule has 1 aromatic heterocycles. The number of hydrogen-bond acceptors (Lipinski definition) is 4. The van der Waals surface area contributed by atoms with Crippen molar-refractivity contribution in [1.82, 2.24) is 14.9 Å². The number of rotatable bonds is 1. The SMILES string of the molecule is COC1(C)NC(=O)c2nc3ccccc3c(=O)n21. The van der Waals surface area contributed by atoms with Gasteiger partial charge in [-0.3, -0.25) is 9.59 Å². The summed E-state index contributed by atoms with van der Waals surface area (Å²) < 4.78 is 6.46. The van der Waals surface area contributed by atoms with Gasteiger partial charge in [-0.25, -0.2) is 9.55 Å². The van der Waals surface area contributed by atoms with E-state index in [0.29, 0.717) is 10.9 Å². The second-order valence-corrected chi connectivity index (χ2v) is 4.23.